The maximum absolute atomic E-state index is 13.0. The van der Waals surface area contributed by atoms with Gasteiger partial charge in [0.25, 0.3) is 0 Å². The second kappa shape index (κ2) is 6.47. The second-order valence-electron chi connectivity index (χ2n) is 8.58. The molecule has 142 valence electrons. The van der Waals surface area contributed by atoms with Gasteiger partial charge in [-0.1, -0.05) is 29.3 Å². The van der Waals surface area contributed by atoms with Crippen LogP contribution in [0.1, 0.15) is 48.2 Å². The molecule has 0 N–H and O–H groups in total. The van der Waals surface area contributed by atoms with E-state index in [0.29, 0.717) is 32.7 Å². The molecule has 1 aromatic carbocycles. The molecule has 0 spiro atoms. The van der Waals surface area contributed by atoms with Gasteiger partial charge < -0.3 is 4.74 Å². The summed E-state index contributed by atoms with van der Waals surface area (Å²) >= 11 is 13.6. The monoisotopic (exact) mass is 422 g/mol. The first-order valence-corrected chi connectivity index (χ1v) is 11.1. The lowest BCUT2D eigenvalue weighted by Gasteiger charge is -2.55. The summed E-state index contributed by atoms with van der Waals surface area (Å²) < 4.78 is 6.26. The molecule has 6 heteroatoms. The third-order valence-corrected chi connectivity index (χ3v) is 8.61. The minimum atomic E-state index is -0.518. The average Bonchev–Trinajstić information content (AvgIpc) is 2.94. The Hall–Kier alpha value is -1.10. The standard InChI is InChI=1S/C21H20Cl2O3S/c22-14-1-2-15-16(6-14)27-19(18(15)23)20(25)26-10-17(24)21-7-11-3-12(8-21)5-13(4-11)9-21/h1-2,6,11-13H,3-5,7-10H2. The number of hydrogen-bond donors (Lipinski definition) is 0. The average molecular weight is 423 g/mol. The van der Waals surface area contributed by atoms with Crippen molar-refractivity contribution in [1.29, 1.82) is 0 Å². The summed E-state index contributed by atoms with van der Waals surface area (Å²) in [6, 6.07) is 5.33. The summed E-state index contributed by atoms with van der Waals surface area (Å²) in [6.07, 6.45) is 6.80. The highest BCUT2D eigenvalue weighted by Crippen LogP contribution is 2.60. The first-order valence-electron chi connectivity index (χ1n) is 9.51. The van der Waals surface area contributed by atoms with Crippen molar-refractivity contribution in [2.24, 2.45) is 23.2 Å². The van der Waals surface area contributed by atoms with Crippen LogP contribution in [0.3, 0.4) is 0 Å². The van der Waals surface area contributed by atoms with Crippen molar-refractivity contribution < 1.29 is 14.3 Å². The van der Waals surface area contributed by atoms with Gasteiger partial charge >= 0.3 is 5.97 Å². The van der Waals surface area contributed by atoms with Crippen molar-refractivity contribution >= 4 is 56.4 Å². The maximum Gasteiger partial charge on any atom is 0.350 e. The molecule has 0 atom stereocenters. The highest BCUT2D eigenvalue weighted by Gasteiger charge is 2.54. The van der Waals surface area contributed by atoms with Crippen LogP contribution in [-0.2, 0) is 9.53 Å². The molecule has 6 rings (SSSR count). The largest absolute Gasteiger partial charge is 0.453 e. The minimum Gasteiger partial charge on any atom is -0.453 e. The van der Waals surface area contributed by atoms with Crippen molar-refractivity contribution in [3.05, 3.63) is 33.1 Å². The number of fused-ring (bicyclic) bond motifs is 1. The Bertz CT molecular complexity index is 913. The molecule has 4 bridgehead atoms. The van der Waals surface area contributed by atoms with Crippen LogP contribution in [0.15, 0.2) is 18.2 Å². The van der Waals surface area contributed by atoms with E-state index in [0.717, 1.165) is 29.3 Å². The Kier molecular flexibility index (Phi) is 4.30. The van der Waals surface area contributed by atoms with E-state index in [-0.39, 0.29) is 17.8 Å². The number of thiophene rings is 1. The van der Waals surface area contributed by atoms with Gasteiger partial charge in [-0.05, 0) is 68.4 Å². The fourth-order valence-electron chi connectivity index (χ4n) is 5.97. The van der Waals surface area contributed by atoms with Crippen LogP contribution in [0, 0.1) is 23.2 Å². The number of benzene rings is 1. The zero-order valence-corrected chi connectivity index (χ0v) is 17.1. The van der Waals surface area contributed by atoms with Gasteiger partial charge in [0.1, 0.15) is 4.88 Å². The molecule has 1 heterocycles. The van der Waals surface area contributed by atoms with Gasteiger partial charge in [-0.2, -0.15) is 0 Å². The van der Waals surface area contributed by atoms with E-state index in [2.05, 4.69) is 0 Å². The molecular formula is C21H20Cl2O3S. The van der Waals surface area contributed by atoms with Gasteiger partial charge in [0.15, 0.2) is 12.4 Å². The molecule has 4 aliphatic carbocycles. The number of ketones is 1. The smallest absolute Gasteiger partial charge is 0.350 e. The van der Waals surface area contributed by atoms with E-state index in [1.807, 2.05) is 0 Å². The number of carbonyl (C=O) groups excluding carboxylic acids is 2. The van der Waals surface area contributed by atoms with E-state index in [9.17, 15) is 9.59 Å². The number of carbonyl (C=O) groups is 2. The number of rotatable bonds is 4. The predicted molar refractivity (Wildman–Crippen MR) is 108 cm³/mol. The third-order valence-electron chi connectivity index (χ3n) is 6.74. The van der Waals surface area contributed by atoms with Crippen molar-refractivity contribution in [2.45, 2.75) is 38.5 Å². The van der Waals surface area contributed by atoms with Crippen molar-refractivity contribution in [3.8, 4) is 0 Å². The number of hydrogen-bond acceptors (Lipinski definition) is 4. The summed E-state index contributed by atoms with van der Waals surface area (Å²) in [5.74, 6) is 1.67. The molecule has 4 aliphatic rings. The molecule has 4 saturated carbocycles. The number of halogens is 2. The summed E-state index contributed by atoms with van der Waals surface area (Å²) in [5, 5.41) is 1.75. The minimum absolute atomic E-state index is 0.107. The lowest BCUT2D eigenvalue weighted by atomic mass is 9.48. The third kappa shape index (κ3) is 3.01. The van der Waals surface area contributed by atoms with E-state index >= 15 is 0 Å². The van der Waals surface area contributed by atoms with E-state index in [1.54, 1.807) is 18.2 Å². The summed E-state index contributed by atoms with van der Waals surface area (Å²) in [5.41, 5.74) is -0.244. The van der Waals surface area contributed by atoms with Crippen LogP contribution in [0.4, 0.5) is 0 Å². The SMILES string of the molecule is O=C(OCC(=O)C12CC3CC(CC(C3)C1)C2)c1sc2cc(Cl)ccc2c1Cl. The van der Waals surface area contributed by atoms with Crippen LogP contribution in [-0.4, -0.2) is 18.4 Å². The molecule has 27 heavy (non-hydrogen) atoms. The lowest BCUT2D eigenvalue weighted by Crippen LogP contribution is -2.51. The first kappa shape index (κ1) is 18.0. The molecule has 1 aromatic heterocycles. The number of Topliss-reactive ketones (excluding diaryl/α,β-unsaturated/α-hetero) is 1. The zero-order chi connectivity index (χ0) is 18.8. The molecule has 2 aromatic rings. The summed E-state index contributed by atoms with van der Waals surface area (Å²) in [7, 11) is 0. The molecule has 0 aliphatic heterocycles. The van der Waals surface area contributed by atoms with Crippen LogP contribution in [0.5, 0.6) is 0 Å². The molecular weight excluding hydrogens is 403 g/mol. The molecule has 0 unspecified atom stereocenters. The van der Waals surface area contributed by atoms with Gasteiger partial charge in [0.05, 0.1) is 5.02 Å². The summed E-state index contributed by atoms with van der Waals surface area (Å²) in [4.78, 5) is 25.9. The molecule has 0 radical (unpaired) electrons. The highest BCUT2D eigenvalue weighted by molar-refractivity contribution is 7.21. The van der Waals surface area contributed by atoms with Crippen molar-refractivity contribution in [2.75, 3.05) is 6.61 Å². The predicted octanol–water partition coefficient (Wildman–Crippen LogP) is 6.15. The Balaban J connectivity index is 1.31. The second-order valence-corrected chi connectivity index (χ2v) is 10.4. The maximum atomic E-state index is 13.0. The van der Waals surface area contributed by atoms with Crippen LogP contribution in [0.25, 0.3) is 10.1 Å². The lowest BCUT2D eigenvalue weighted by molar-refractivity contribution is -0.147. The molecule has 0 amide bonds. The van der Waals surface area contributed by atoms with Crippen LogP contribution in [0.2, 0.25) is 10.0 Å². The van der Waals surface area contributed by atoms with E-state index in [1.165, 1.54) is 30.6 Å². The van der Waals surface area contributed by atoms with Crippen LogP contribution >= 0.6 is 34.5 Å². The van der Waals surface area contributed by atoms with Gasteiger partial charge in [0, 0.05) is 20.5 Å². The Morgan fingerprint density at radius 1 is 1.07 bits per heavy atom. The topological polar surface area (TPSA) is 43.4 Å². The Morgan fingerprint density at radius 3 is 2.33 bits per heavy atom. The highest BCUT2D eigenvalue weighted by atomic mass is 35.5. The van der Waals surface area contributed by atoms with Gasteiger partial charge in [-0.15, -0.1) is 11.3 Å². The van der Waals surface area contributed by atoms with Crippen molar-refractivity contribution in [1.82, 2.24) is 0 Å². The number of ether oxygens (including phenoxy) is 1. The Morgan fingerprint density at radius 2 is 1.70 bits per heavy atom. The fourth-order valence-corrected chi connectivity index (χ4v) is 7.65. The quantitative estimate of drug-likeness (QED) is 0.554. The van der Waals surface area contributed by atoms with E-state index in [4.69, 9.17) is 27.9 Å². The first-order chi connectivity index (χ1) is 12.9. The Labute approximate surface area is 172 Å². The normalized spacial score (nSPS) is 31.4. The molecule has 0 saturated heterocycles. The van der Waals surface area contributed by atoms with Gasteiger partial charge in [0.2, 0.25) is 0 Å². The molecule has 3 nitrogen and oxygen atoms in total. The summed E-state index contributed by atoms with van der Waals surface area (Å²) in [6.45, 7) is -0.143. The van der Waals surface area contributed by atoms with Gasteiger partial charge in [-0.3, -0.25) is 4.79 Å². The number of esters is 1. The molecule has 4 fully saturated rings. The van der Waals surface area contributed by atoms with E-state index < -0.39 is 5.97 Å². The fraction of sp³-hybridized carbons (Fsp3) is 0.524. The van der Waals surface area contributed by atoms with Crippen LogP contribution < -0.4 is 0 Å². The van der Waals surface area contributed by atoms with Crippen molar-refractivity contribution in [3.63, 3.8) is 0 Å². The zero-order valence-electron chi connectivity index (χ0n) is 14.8. The van der Waals surface area contributed by atoms with Gasteiger partial charge in [-0.25, -0.2) is 4.79 Å².